The van der Waals surface area contributed by atoms with Crippen molar-refractivity contribution in [3.63, 3.8) is 0 Å². The summed E-state index contributed by atoms with van der Waals surface area (Å²) in [6.07, 6.45) is 1.99. The fourth-order valence-corrected chi connectivity index (χ4v) is 2.77. The lowest BCUT2D eigenvalue weighted by molar-refractivity contribution is 0.0146. The minimum absolute atomic E-state index is 0.0549. The number of benzene rings is 1. The first-order valence-electron chi connectivity index (χ1n) is 7.29. The zero-order valence-corrected chi connectivity index (χ0v) is 12.1. The lowest BCUT2D eigenvalue weighted by atomic mass is 10.1. The molecule has 2 N–H and O–H groups in total. The highest BCUT2D eigenvalue weighted by Crippen LogP contribution is 2.36. The molecule has 0 aliphatic carbocycles. The quantitative estimate of drug-likeness (QED) is 0.857. The number of carbonyl (C=O) groups excluding carboxylic acids is 1. The molecule has 114 valence electrons. The van der Waals surface area contributed by atoms with Crippen LogP contribution in [-0.2, 0) is 4.74 Å². The highest BCUT2D eigenvalue weighted by Gasteiger charge is 2.27. The summed E-state index contributed by atoms with van der Waals surface area (Å²) in [5.41, 5.74) is 6.88. The zero-order chi connectivity index (χ0) is 14.8. The van der Waals surface area contributed by atoms with Gasteiger partial charge in [0, 0.05) is 31.5 Å². The van der Waals surface area contributed by atoms with Gasteiger partial charge in [0.15, 0.2) is 11.5 Å². The molecule has 0 radical (unpaired) electrons. The van der Waals surface area contributed by atoms with Crippen molar-refractivity contribution in [2.24, 2.45) is 0 Å². The first-order chi connectivity index (χ1) is 10.2. The van der Waals surface area contributed by atoms with Crippen LogP contribution in [-0.4, -0.2) is 43.4 Å². The van der Waals surface area contributed by atoms with Crippen molar-refractivity contribution in [2.75, 3.05) is 32.2 Å². The molecule has 21 heavy (non-hydrogen) atoms. The average molecular weight is 292 g/mol. The molecule has 2 heterocycles. The number of nitrogens with two attached hydrogens (primary N) is 1. The van der Waals surface area contributed by atoms with Crippen LogP contribution in [0.5, 0.6) is 11.5 Å². The number of anilines is 1. The molecule has 2 aliphatic rings. The van der Waals surface area contributed by atoms with E-state index in [1.807, 2.05) is 11.8 Å². The number of nitrogen functional groups attached to an aromatic ring is 1. The molecule has 1 aromatic carbocycles. The third kappa shape index (κ3) is 2.76. The maximum absolute atomic E-state index is 12.6. The number of likely N-dealkylation sites (tertiary alicyclic amines) is 1. The van der Waals surface area contributed by atoms with Crippen LogP contribution >= 0.6 is 0 Å². The van der Waals surface area contributed by atoms with E-state index in [1.54, 1.807) is 12.1 Å². The predicted octanol–water partition coefficient (Wildman–Crippen LogP) is 1.64. The van der Waals surface area contributed by atoms with Crippen molar-refractivity contribution in [3.8, 4) is 11.5 Å². The summed E-state index contributed by atoms with van der Waals surface area (Å²) in [5, 5.41) is 0. The van der Waals surface area contributed by atoms with Gasteiger partial charge < -0.3 is 24.8 Å². The van der Waals surface area contributed by atoms with Crippen molar-refractivity contribution in [3.05, 3.63) is 17.7 Å². The van der Waals surface area contributed by atoms with E-state index in [1.165, 1.54) is 0 Å². The van der Waals surface area contributed by atoms with Gasteiger partial charge in [0.1, 0.15) is 0 Å². The molecule has 0 unspecified atom stereocenters. The van der Waals surface area contributed by atoms with Gasteiger partial charge in [0.05, 0.1) is 11.7 Å². The monoisotopic (exact) mass is 292 g/mol. The summed E-state index contributed by atoms with van der Waals surface area (Å²) < 4.78 is 16.2. The number of ether oxygens (including phenoxy) is 3. The van der Waals surface area contributed by atoms with Crippen LogP contribution in [0.2, 0.25) is 0 Å². The summed E-state index contributed by atoms with van der Waals surface area (Å²) in [6.45, 7) is 4.26. The number of carbonyl (C=O) groups is 1. The standard InChI is InChI=1S/C15H20N2O4/c1-2-19-10-3-5-17(6-4-10)15(18)11-7-13-14(8-12(11)16)21-9-20-13/h7-8,10H,2-6,9,16H2,1H3. The third-order valence-corrected chi connectivity index (χ3v) is 3.91. The fourth-order valence-electron chi connectivity index (χ4n) is 2.77. The topological polar surface area (TPSA) is 74.0 Å². The second-order valence-corrected chi connectivity index (χ2v) is 5.24. The molecule has 1 aromatic rings. The average Bonchev–Trinajstić information content (AvgIpc) is 2.94. The molecule has 0 saturated carbocycles. The number of fused-ring (bicyclic) bond motifs is 1. The molecule has 0 spiro atoms. The SMILES string of the molecule is CCOC1CCN(C(=O)c2cc3c(cc2N)OCO3)CC1. The maximum atomic E-state index is 12.6. The van der Waals surface area contributed by atoms with Crippen molar-refractivity contribution < 1.29 is 19.0 Å². The number of piperidine rings is 1. The minimum atomic E-state index is -0.0549. The Morgan fingerprint density at radius 2 is 2.00 bits per heavy atom. The Morgan fingerprint density at radius 1 is 1.33 bits per heavy atom. The Kier molecular flexibility index (Phi) is 3.88. The molecule has 6 nitrogen and oxygen atoms in total. The first kappa shape index (κ1) is 14.0. The third-order valence-electron chi connectivity index (χ3n) is 3.91. The zero-order valence-electron chi connectivity index (χ0n) is 12.1. The van der Waals surface area contributed by atoms with E-state index in [0.29, 0.717) is 42.4 Å². The summed E-state index contributed by atoms with van der Waals surface area (Å²) in [4.78, 5) is 14.4. The van der Waals surface area contributed by atoms with Crippen LogP contribution in [0, 0.1) is 0 Å². The van der Waals surface area contributed by atoms with Crippen molar-refractivity contribution >= 4 is 11.6 Å². The van der Waals surface area contributed by atoms with Gasteiger partial charge >= 0.3 is 0 Å². The van der Waals surface area contributed by atoms with Gasteiger partial charge in [-0.1, -0.05) is 0 Å². The van der Waals surface area contributed by atoms with Crippen LogP contribution in [0.3, 0.4) is 0 Å². The molecular weight excluding hydrogens is 272 g/mol. The molecule has 2 aliphatic heterocycles. The van der Waals surface area contributed by atoms with E-state index in [0.717, 1.165) is 12.8 Å². The Hall–Kier alpha value is -1.95. The molecule has 1 amide bonds. The van der Waals surface area contributed by atoms with Crippen LogP contribution in [0.25, 0.3) is 0 Å². The Balaban J connectivity index is 1.71. The molecule has 0 aromatic heterocycles. The van der Waals surface area contributed by atoms with Crippen LogP contribution in [0.4, 0.5) is 5.69 Å². The molecule has 3 rings (SSSR count). The normalized spacial score (nSPS) is 18.0. The van der Waals surface area contributed by atoms with Gasteiger partial charge in [-0.3, -0.25) is 4.79 Å². The first-order valence-corrected chi connectivity index (χ1v) is 7.29. The van der Waals surface area contributed by atoms with Gasteiger partial charge in [-0.05, 0) is 25.8 Å². The van der Waals surface area contributed by atoms with Gasteiger partial charge in [-0.2, -0.15) is 0 Å². The van der Waals surface area contributed by atoms with E-state index >= 15 is 0 Å². The predicted molar refractivity (Wildman–Crippen MR) is 77.5 cm³/mol. The van der Waals surface area contributed by atoms with Gasteiger partial charge in [0.25, 0.3) is 5.91 Å². The lowest BCUT2D eigenvalue weighted by Crippen LogP contribution is -2.41. The number of hydrogen-bond donors (Lipinski definition) is 1. The van der Waals surface area contributed by atoms with E-state index < -0.39 is 0 Å². The molecular formula is C15H20N2O4. The number of hydrogen-bond acceptors (Lipinski definition) is 5. The van der Waals surface area contributed by atoms with E-state index in [2.05, 4.69) is 0 Å². The Morgan fingerprint density at radius 3 is 2.67 bits per heavy atom. The lowest BCUT2D eigenvalue weighted by Gasteiger charge is -2.32. The molecule has 1 fully saturated rings. The maximum Gasteiger partial charge on any atom is 0.256 e. The molecule has 0 bridgehead atoms. The van der Waals surface area contributed by atoms with Gasteiger partial charge in [-0.25, -0.2) is 0 Å². The second-order valence-electron chi connectivity index (χ2n) is 5.24. The molecule has 6 heteroatoms. The summed E-state index contributed by atoms with van der Waals surface area (Å²) in [7, 11) is 0. The summed E-state index contributed by atoms with van der Waals surface area (Å²) in [6, 6.07) is 3.33. The van der Waals surface area contributed by atoms with Crippen molar-refractivity contribution in [1.29, 1.82) is 0 Å². The van der Waals surface area contributed by atoms with Gasteiger partial charge in [0.2, 0.25) is 6.79 Å². The highest BCUT2D eigenvalue weighted by atomic mass is 16.7. The molecule has 1 saturated heterocycles. The summed E-state index contributed by atoms with van der Waals surface area (Å²) in [5.74, 6) is 1.12. The van der Waals surface area contributed by atoms with Crippen molar-refractivity contribution in [1.82, 2.24) is 4.90 Å². The van der Waals surface area contributed by atoms with Crippen LogP contribution in [0.15, 0.2) is 12.1 Å². The second kappa shape index (κ2) is 5.81. The summed E-state index contributed by atoms with van der Waals surface area (Å²) >= 11 is 0. The number of amides is 1. The Labute approximate surface area is 123 Å². The smallest absolute Gasteiger partial charge is 0.256 e. The van der Waals surface area contributed by atoms with Crippen molar-refractivity contribution in [2.45, 2.75) is 25.9 Å². The van der Waals surface area contributed by atoms with E-state index in [4.69, 9.17) is 19.9 Å². The van der Waals surface area contributed by atoms with E-state index in [9.17, 15) is 4.79 Å². The Bertz CT molecular complexity index is 539. The van der Waals surface area contributed by atoms with Gasteiger partial charge in [-0.15, -0.1) is 0 Å². The fraction of sp³-hybridized carbons (Fsp3) is 0.533. The highest BCUT2D eigenvalue weighted by molar-refractivity contribution is 6.00. The van der Waals surface area contributed by atoms with Crippen LogP contribution < -0.4 is 15.2 Å². The number of nitrogens with zero attached hydrogens (tertiary/aromatic N) is 1. The largest absolute Gasteiger partial charge is 0.454 e. The van der Waals surface area contributed by atoms with Crippen LogP contribution in [0.1, 0.15) is 30.1 Å². The number of rotatable bonds is 3. The van der Waals surface area contributed by atoms with E-state index in [-0.39, 0.29) is 18.8 Å². The minimum Gasteiger partial charge on any atom is -0.454 e. The molecule has 0 atom stereocenters.